The molecular formula is C4H5Br2NO2. The van der Waals surface area contributed by atoms with Crippen molar-refractivity contribution >= 4 is 43.6 Å². The molecule has 0 aliphatic carbocycles. The second-order valence-electron chi connectivity index (χ2n) is 1.49. The van der Waals surface area contributed by atoms with Gasteiger partial charge >= 0.3 is 0 Å². The Morgan fingerprint density at radius 1 is 1.44 bits per heavy atom. The zero-order chi connectivity index (χ0) is 7.65. The molecule has 0 saturated carbocycles. The Labute approximate surface area is 69.2 Å². The quantitative estimate of drug-likeness (QED) is 0.581. The predicted octanol–water partition coefficient (Wildman–Crippen LogP) is 0.547. The van der Waals surface area contributed by atoms with Crippen LogP contribution in [0.2, 0.25) is 0 Å². The summed E-state index contributed by atoms with van der Waals surface area (Å²) in [5.41, 5.74) is 4.82. The molecule has 9 heavy (non-hydrogen) atoms. The SMILES string of the molecule is CC(=O)C(Br)(Br)C(N)=O. The highest BCUT2D eigenvalue weighted by Gasteiger charge is 2.35. The highest BCUT2D eigenvalue weighted by molar-refractivity contribution is 9.26. The second kappa shape index (κ2) is 2.79. The van der Waals surface area contributed by atoms with E-state index in [0.29, 0.717) is 0 Å². The fourth-order valence-corrected chi connectivity index (χ4v) is 0.173. The first-order valence-corrected chi connectivity index (χ1v) is 3.66. The van der Waals surface area contributed by atoms with Gasteiger partial charge < -0.3 is 5.73 Å². The van der Waals surface area contributed by atoms with Crippen LogP contribution in [0, 0.1) is 0 Å². The zero-order valence-electron chi connectivity index (χ0n) is 4.65. The van der Waals surface area contributed by atoms with Crippen LogP contribution in [-0.2, 0) is 9.59 Å². The summed E-state index contributed by atoms with van der Waals surface area (Å²) in [6, 6.07) is 0. The number of primary amides is 1. The fourth-order valence-electron chi connectivity index (χ4n) is 0.173. The lowest BCUT2D eigenvalue weighted by Gasteiger charge is -2.09. The predicted molar refractivity (Wildman–Crippen MR) is 40.5 cm³/mol. The number of Topliss-reactive ketones (excluding diaryl/α,β-unsaturated/α-hetero) is 1. The van der Waals surface area contributed by atoms with Crippen molar-refractivity contribution in [2.75, 3.05) is 0 Å². The molecule has 0 bridgehead atoms. The van der Waals surface area contributed by atoms with Gasteiger partial charge in [-0.2, -0.15) is 0 Å². The van der Waals surface area contributed by atoms with Crippen molar-refractivity contribution in [1.82, 2.24) is 0 Å². The molecule has 0 fully saturated rings. The van der Waals surface area contributed by atoms with Crippen LogP contribution < -0.4 is 5.73 Å². The lowest BCUT2D eigenvalue weighted by atomic mass is 10.3. The summed E-state index contributed by atoms with van der Waals surface area (Å²) in [7, 11) is 0. The molecule has 0 saturated heterocycles. The van der Waals surface area contributed by atoms with Gasteiger partial charge in [-0.25, -0.2) is 0 Å². The number of halogens is 2. The van der Waals surface area contributed by atoms with E-state index in [2.05, 4.69) is 31.9 Å². The molecule has 0 aromatic heterocycles. The Balaban J connectivity index is 4.38. The van der Waals surface area contributed by atoms with E-state index in [9.17, 15) is 9.59 Å². The number of hydrogen-bond acceptors (Lipinski definition) is 2. The molecule has 0 heterocycles. The maximum atomic E-state index is 10.5. The number of hydrogen-bond donors (Lipinski definition) is 1. The van der Waals surface area contributed by atoms with Crippen molar-refractivity contribution in [3.05, 3.63) is 0 Å². The first kappa shape index (κ1) is 9.10. The molecule has 3 nitrogen and oxygen atoms in total. The second-order valence-corrected chi connectivity index (χ2v) is 4.94. The Morgan fingerprint density at radius 2 is 1.78 bits per heavy atom. The molecule has 0 aliphatic heterocycles. The van der Waals surface area contributed by atoms with E-state index in [0.717, 1.165) is 0 Å². The van der Waals surface area contributed by atoms with E-state index in [1.165, 1.54) is 6.92 Å². The highest BCUT2D eigenvalue weighted by atomic mass is 79.9. The molecule has 0 rings (SSSR count). The van der Waals surface area contributed by atoms with E-state index in [4.69, 9.17) is 5.73 Å². The maximum absolute atomic E-state index is 10.5. The average Bonchev–Trinajstić information content (AvgIpc) is 1.65. The third-order valence-corrected chi connectivity index (χ3v) is 2.65. The van der Waals surface area contributed by atoms with Crippen molar-refractivity contribution in [2.24, 2.45) is 5.73 Å². The number of ketones is 1. The van der Waals surface area contributed by atoms with Crippen LogP contribution in [0.4, 0.5) is 0 Å². The summed E-state index contributed by atoms with van der Waals surface area (Å²) >= 11 is 5.61. The minimum Gasteiger partial charge on any atom is -0.367 e. The smallest absolute Gasteiger partial charge is 0.252 e. The lowest BCUT2D eigenvalue weighted by Crippen LogP contribution is -2.38. The number of amides is 1. The highest BCUT2D eigenvalue weighted by Crippen LogP contribution is 2.26. The summed E-state index contributed by atoms with van der Waals surface area (Å²) in [5, 5.41) is 0. The van der Waals surface area contributed by atoms with Crippen LogP contribution in [0.5, 0.6) is 0 Å². The van der Waals surface area contributed by atoms with E-state index < -0.39 is 9.14 Å². The van der Waals surface area contributed by atoms with Crippen molar-refractivity contribution in [3.63, 3.8) is 0 Å². The molecule has 5 heteroatoms. The number of rotatable bonds is 2. The number of nitrogens with two attached hydrogens (primary N) is 1. The summed E-state index contributed by atoms with van der Waals surface area (Å²) in [5.74, 6) is -1.11. The maximum Gasteiger partial charge on any atom is 0.252 e. The average molecular weight is 259 g/mol. The minimum atomic E-state index is -1.38. The van der Waals surface area contributed by atoms with E-state index in [1.54, 1.807) is 0 Å². The van der Waals surface area contributed by atoms with Crippen molar-refractivity contribution in [1.29, 1.82) is 0 Å². The summed E-state index contributed by atoms with van der Waals surface area (Å²) in [4.78, 5) is 20.9. The first-order valence-electron chi connectivity index (χ1n) is 2.07. The van der Waals surface area contributed by atoms with Gasteiger partial charge in [0.1, 0.15) is 0 Å². The van der Waals surface area contributed by atoms with Gasteiger partial charge in [0.05, 0.1) is 0 Å². The van der Waals surface area contributed by atoms with E-state index in [-0.39, 0.29) is 5.78 Å². The van der Waals surface area contributed by atoms with Crippen LogP contribution in [0.25, 0.3) is 0 Å². The van der Waals surface area contributed by atoms with Gasteiger partial charge in [-0.15, -0.1) is 0 Å². The van der Waals surface area contributed by atoms with Crippen molar-refractivity contribution in [2.45, 2.75) is 10.2 Å². The third-order valence-electron chi connectivity index (χ3n) is 0.752. The van der Waals surface area contributed by atoms with Gasteiger partial charge in [0.15, 0.2) is 5.78 Å². The number of carbonyl (C=O) groups excluding carboxylic acids is 2. The molecule has 2 N–H and O–H groups in total. The van der Waals surface area contributed by atoms with Crippen molar-refractivity contribution in [3.8, 4) is 0 Å². The zero-order valence-corrected chi connectivity index (χ0v) is 7.82. The van der Waals surface area contributed by atoms with Gasteiger partial charge in [0.2, 0.25) is 3.23 Å². The van der Waals surface area contributed by atoms with Crippen molar-refractivity contribution < 1.29 is 9.59 Å². The molecule has 0 aliphatic rings. The van der Waals surface area contributed by atoms with E-state index >= 15 is 0 Å². The van der Waals surface area contributed by atoms with E-state index in [1.807, 2.05) is 0 Å². The van der Waals surface area contributed by atoms with Gasteiger partial charge in [0.25, 0.3) is 5.91 Å². The molecular weight excluding hydrogens is 254 g/mol. The van der Waals surface area contributed by atoms with Gasteiger partial charge in [-0.05, 0) is 6.92 Å². The largest absolute Gasteiger partial charge is 0.367 e. The van der Waals surface area contributed by atoms with Crippen LogP contribution in [-0.4, -0.2) is 14.9 Å². The summed E-state index contributed by atoms with van der Waals surface area (Å²) in [6.07, 6.45) is 0. The van der Waals surface area contributed by atoms with Crippen LogP contribution in [0.1, 0.15) is 6.92 Å². The summed E-state index contributed by atoms with van der Waals surface area (Å²) in [6.45, 7) is 1.26. The monoisotopic (exact) mass is 257 g/mol. The molecule has 0 aromatic carbocycles. The van der Waals surface area contributed by atoms with Crippen LogP contribution >= 0.6 is 31.9 Å². The normalized spacial score (nSPS) is 11.0. The molecule has 0 radical (unpaired) electrons. The Bertz CT molecular complexity index is 139. The molecule has 0 spiro atoms. The van der Waals surface area contributed by atoms with Crippen LogP contribution in [0.3, 0.4) is 0 Å². The molecule has 0 atom stereocenters. The fraction of sp³-hybridized carbons (Fsp3) is 0.500. The molecule has 1 amide bonds. The van der Waals surface area contributed by atoms with Gasteiger partial charge in [0, 0.05) is 0 Å². The molecule has 0 unspecified atom stereocenters. The van der Waals surface area contributed by atoms with Gasteiger partial charge in [-0.3, -0.25) is 9.59 Å². The van der Waals surface area contributed by atoms with Crippen LogP contribution in [0.15, 0.2) is 0 Å². The lowest BCUT2D eigenvalue weighted by molar-refractivity contribution is -0.125. The minimum absolute atomic E-state index is 0.366. The molecule has 0 aromatic rings. The Kier molecular flexibility index (Phi) is 2.82. The standard InChI is InChI=1S/C4H5Br2NO2/c1-2(8)4(5,6)3(7)9/h1H3,(H2,7,9). The Hall–Kier alpha value is 0.1000. The summed E-state index contributed by atoms with van der Waals surface area (Å²) < 4.78 is -1.38. The first-order chi connectivity index (χ1) is 3.89. The number of alkyl halides is 2. The number of carbonyl (C=O) groups is 2. The van der Waals surface area contributed by atoms with Gasteiger partial charge in [-0.1, -0.05) is 31.9 Å². The molecule has 52 valence electrons. The third kappa shape index (κ3) is 2.06. The topological polar surface area (TPSA) is 60.2 Å². The Morgan fingerprint density at radius 3 is 1.78 bits per heavy atom.